The van der Waals surface area contributed by atoms with E-state index in [1.807, 2.05) is 6.92 Å². The third-order valence-corrected chi connectivity index (χ3v) is 5.07. The molecule has 4 nitrogen and oxygen atoms in total. The lowest BCUT2D eigenvalue weighted by molar-refractivity contribution is 0.398. The van der Waals surface area contributed by atoms with Crippen molar-refractivity contribution in [1.29, 1.82) is 0 Å². The first-order valence-corrected chi connectivity index (χ1v) is 8.12. The monoisotopic (exact) mass is 286 g/mol. The molecule has 2 unspecified atom stereocenters. The van der Waals surface area contributed by atoms with Crippen molar-refractivity contribution in [3.8, 4) is 0 Å². The van der Waals surface area contributed by atoms with Gasteiger partial charge in [-0.3, -0.25) is 0 Å². The van der Waals surface area contributed by atoms with Crippen LogP contribution in [0.5, 0.6) is 0 Å². The molecule has 19 heavy (non-hydrogen) atoms. The molecule has 6 heteroatoms. The van der Waals surface area contributed by atoms with E-state index >= 15 is 0 Å². The van der Waals surface area contributed by atoms with Crippen LogP contribution in [0.1, 0.15) is 39.0 Å². The van der Waals surface area contributed by atoms with Crippen molar-refractivity contribution in [3.05, 3.63) is 24.1 Å². The number of sulfonamides is 1. The average molecular weight is 286 g/mol. The normalized spacial score (nSPS) is 24.9. The van der Waals surface area contributed by atoms with E-state index in [1.165, 1.54) is 12.3 Å². The highest BCUT2D eigenvalue weighted by atomic mass is 32.2. The van der Waals surface area contributed by atoms with Crippen molar-refractivity contribution in [3.63, 3.8) is 0 Å². The van der Waals surface area contributed by atoms with Gasteiger partial charge >= 0.3 is 0 Å². The molecule has 0 spiro atoms. The number of halogens is 1. The SMILES string of the molecule is CC1CCCCCC1NS(=O)(=O)c1ncccc1F. The molecule has 1 N–H and O–H groups in total. The Morgan fingerprint density at radius 3 is 2.79 bits per heavy atom. The minimum Gasteiger partial charge on any atom is -0.241 e. The van der Waals surface area contributed by atoms with Gasteiger partial charge in [0.25, 0.3) is 10.0 Å². The highest BCUT2D eigenvalue weighted by Gasteiger charge is 2.28. The maximum Gasteiger partial charge on any atom is 0.261 e. The summed E-state index contributed by atoms with van der Waals surface area (Å²) in [6, 6.07) is 2.36. The summed E-state index contributed by atoms with van der Waals surface area (Å²) in [5.74, 6) is -0.541. The summed E-state index contributed by atoms with van der Waals surface area (Å²) in [5, 5.41) is -0.508. The summed E-state index contributed by atoms with van der Waals surface area (Å²) >= 11 is 0. The number of aromatic nitrogens is 1. The summed E-state index contributed by atoms with van der Waals surface area (Å²) in [7, 11) is -3.88. The topological polar surface area (TPSA) is 59.1 Å². The van der Waals surface area contributed by atoms with E-state index in [4.69, 9.17) is 0 Å². The Morgan fingerprint density at radius 1 is 1.32 bits per heavy atom. The van der Waals surface area contributed by atoms with Gasteiger partial charge in [-0.25, -0.2) is 22.5 Å². The Balaban J connectivity index is 2.19. The molecular formula is C13H19FN2O2S. The van der Waals surface area contributed by atoms with Gasteiger partial charge in [-0.1, -0.05) is 26.2 Å². The second-order valence-electron chi connectivity index (χ2n) is 5.13. The minimum absolute atomic E-state index is 0.131. The van der Waals surface area contributed by atoms with Crippen LogP contribution in [0.25, 0.3) is 0 Å². The molecule has 1 aliphatic rings. The molecule has 1 saturated carbocycles. The van der Waals surface area contributed by atoms with Crippen LogP contribution in [0, 0.1) is 11.7 Å². The van der Waals surface area contributed by atoms with Crippen LogP contribution >= 0.6 is 0 Å². The molecule has 0 radical (unpaired) electrons. The van der Waals surface area contributed by atoms with Gasteiger partial charge in [0.05, 0.1) is 0 Å². The minimum atomic E-state index is -3.88. The van der Waals surface area contributed by atoms with Gasteiger partial charge in [0, 0.05) is 12.2 Å². The zero-order chi connectivity index (χ0) is 13.9. The number of hydrogen-bond donors (Lipinski definition) is 1. The number of nitrogens with one attached hydrogen (secondary N) is 1. The maximum atomic E-state index is 13.5. The fourth-order valence-corrected chi connectivity index (χ4v) is 3.88. The van der Waals surface area contributed by atoms with E-state index in [0.717, 1.165) is 38.2 Å². The second-order valence-corrected chi connectivity index (χ2v) is 6.76. The zero-order valence-corrected chi connectivity index (χ0v) is 11.8. The molecule has 2 atom stereocenters. The zero-order valence-electron chi connectivity index (χ0n) is 11.0. The Hall–Kier alpha value is -1.01. The molecular weight excluding hydrogens is 267 g/mol. The van der Waals surface area contributed by atoms with Crippen molar-refractivity contribution in [2.45, 2.75) is 50.1 Å². The first kappa shape index (κ1) is 14.4. The number of hydrogen-bond acceptors (Lipinski definition) is 3. The van der Waals surface area contributed by atoms with Crippen molar-refractivity contribution in [2.24, 2.45) is 5.92 Å². The van der Waals surface area contributed by atoms with Crippen molar-refractivity contribution in [2.75, 3.05) is 0 Å². The second kappa shape index (κ2) is 5.96. The van der Waals surface area contributed by atoms with Gasteiger partial charge in [0.1, 0.15) is 0 Å². The third-order valence-electron chi connectivity index (χ3n) is 3.65. The van der Waals surface area contributed by atoms with Crippen LogP contribution in [-0.2, 0) is 10.0 Å². The summed E-state index contributed by atoms with van der Waals surface area (Å²) in [6.45, 7) is 2.04. The smallest absolute Gasteiger partial charge is 0.241 e. The highest BCUT2D eigenvalue weighted by Crippen LogP contribution is 2.24. The number of nitrogens with zero attached hydrogens (tertiary/aromatic N) is 1. The summed E-state index contributed by atoms with van der Waals surface area (Å²) in [5.41, 5.74) is 0. The summed E-state index contributed by atoms with van der Waals surface area (Å²) in [4.78, 5) is 3.64. The number of rotatable bonds is 3. The van der Waals surface area contributed by atoms with E-state index in [1.54, 1.807) is 0 Å². The Labute approximate surface area is 113 Å². The Morgan fingerprint density at radius 2 is 2.05 bits per heavy atom. The molecule has 1 aliphatic carbocycles. The lowest BCUT2D eigenvalue weighted by atomic mass is 9.98. The molecule has 106 valence electrons. The molecule has 1 aromatic rings. The van der Waals surface area contributed by atoms with Gasteiger partial charge in [0.2, 0.25) is 5.03 Å². The van der Waals surface area contributed by atoms with Crippen LogP contribution in [0.3, 0.4) is 0 Å². The van der Waals surface area contributed by atoms with Crippen molar-refractivity contribution < 1.29 is 12.8 Å². The fraction of sp³-hybridized carbons (Fsp3) is 0.615. The van der Waals surface area contributed by atoms with Crippen LogP contribution in [0.4, 0.5) is 4.39 Å². The van der Waals surface area contributed by atoms with E-state index in [9.17, 15) is 12.8 Å². The lowest BCUT2D eigenvalue weighted by Gasteiger charge is -2.22. The van der Waals surface area contributed by atoms with Crippen LogP contribution in [0.2, 0.25) is 0 Å². The molecule has 1 fully saturated rings. The number of pyridine rings is 1. The fourth-order valence-electron chi connectivity index (χ4n) is 2.49. The standard InChI is InChI=1S/C13H19FN2O2S/c1-10-6-3-2-4-8-12(10)16-19(17,18)13-11(14)7-5-9-15-13/h5,7,9-10,12,16H,2-4,6,8H2,1H3. The molecule has 0 amide bonds. The largest absolute Gasteiger partial charge is 0.261 e. The molecule has 0 aliphatic heterocycles. The Kier molecular flexibility index (Phi) is 4.52. The van der Waals surface area contributed by atoms with E-state index in [-0.39, 0.29) is 12.0 Å². The molecule has 0 saturated heterocycles. The summed E-state index contributed by atoms with van der Waals surface area (Å²) in [6.07, 6.45) is 6.33. The van der Waals surface area contributed by atoms with E-state index in [0.29, 0.717) is 0 Å². The van der Waals surface area contributed by atoms with Crippen molar-refractivity contribution >= 4 is 10.0 Å². The van der Waals surface area contributed by atoms with Gasteiger partial charge in [0.15, 0.2) is 5.82 Å². The maximum absolute atomic E-state index is 13.5. The molecule has 2 rings (SSSR count). The summed E-state index contributed by atoms with van der Waals surface area (Å²) < 4.78 is 40.5. The molecule has 0 bridgehead atoms. The third kappa shape index (κ3) is 3.51. The lowest BCUT2D eigenvalue weighted by Crippen LogP contribution is -2.39. The Bertz CT molecular complexity index is 533. The first-order valence-electron chi connectivity index (χ1n) is 6.63. The van der Waals surface area contributed by atoms with Gasteiger partial charge < -0.3 is 0 Å². The quantitative estimate of drug-likeness (QED) is 0.868. The predicted molar refractivity (Wildman–Crippen MR) is 70.6 cm³/mol. The first-order chi connectivity index (χ1) is 9.00. The highest BCUT2D eigenvalue weighted by molar-refractivity contribution is 7.89. The van der Waals surface area contributed by atoms with Crippen LogP contribution in [0.15, 0.2) is 23.4 Å². The molecule has 0 aromatic carbocycles. The molecule has 1 heterocycles. The van der Waals surface area contributed by atoms with Gasteiger partial charge in [-0.2, -0.15) is 0 Å². The average Bonchev–Trinajstić information content (AvgIpc) is 2.55. The van der Waals surface area contributed by atoms with E-state index in [2.05, 4.69) is 9.71 Å². The van der Waals surface area contributed by atoms with Crippen LogP contribution in [-0.4, -0.2) is 19.4 Å². The van der Waals surface area contributed by atoms with Crippen molar-refractivity contribution in [1.82, 2.24) is 9.71 Å². The van der Waals surface area contributed by atoms with Gasteiger partial charge in [-0.05, 0) is 30.9 Å². The van der Waals surface area contributed by atoms with Gasteiger partial charge in [-0.15, -0.1) is 0 Å². The molecule has 1 aromatic heterocycles. The predicted octanol–water partition coefficient (Wildman–Crippen LogP) is 2.47. The van der Waals surface area contributed by atoms with Crippen LogP contribution < -0.4 is 4.72 Å². The van der Waals surface area contributed by atoms with E-state index < -0.39 is 20.9 Å².